The highest BCUT2D eigenvalue weighted by Crippen LogP contribution is 2.28. The molecule has 1 unspecified atom stereocenters. The fourth-order valence-corrected chi connectivity index (χ4v) is 2.80. The predicted molar refractivity (Wildman–Crippen MR) is 62.4 cm³/mol. The molecule has 2 N–H and O–H groups in total. The monoisotopic (exact) mass is 262 g/mol. The molecular weight excluding hydrogens is 248 g/mol. The molecule has 0 radical (unpaired) electrons. The van der Waals surface area contributed by atoms with E-state index in [2.05, 4.69) is 47.1 Å². The Morgan fingerprint density at radius 1 is 1.54 bits per heavy atom. The van der Waals surface area contributed by atoms with Gasteiger partial charge in [-0.1, -0.05) is 0 Å². The van der Waals surface area contributed by atoms with E-state index in [1.807, 2.05) is 0 Å². The molecule has 74 valence electrons. The van der Waals surface area contributed by atoms with Gasteiger partial charge in [-0.15, -0.1) is 11.3 Å². The zero-order valence-corrected chi connectivity index (χ0v) is 10.4. The van der Waals surface area contributed by atoms with Gasteiger partial charge in [0.05, 0.1) is 3.79 Å². The molecule has 1 atom stereocenters. The average Bonchev–Trinajstić information content (AvgIpc) is 2.47. The molecule has 2 nitrogen and oxygen atoms in total. The van der Waals surface area contributed by atoms with Gasteiger partial charge in [0.2, 0.25) is 0 Å². The fraction of sp³-hybridized carbons (Fsp3) is 0.556. The molecule has 0 amide bonds. The Bertz CT molecular complexity index is 260. The maximum atomic E-state index is 5.73. The molecule has 0 fully saturated rings. The van der Waals surface area contributed by atoms with Crippen LogP contribution in [0.3, 0.4) is 0 Å². The molecule has 0 saturated heterocycles. The van der Waals surface area contributed by atoms with E-state index >= 15 is 0 Å². The second kappa shape index (κ2) is 5.10. The maximum absolute atomic E-state index is 5.73. The molecule has 1 aromatic heterocycles. The predicted octanol–water partition coefficient (Wildman–Crippen LogP) is 2.11. The van der Waals surface area contributed by atoms with E-state index in [1.54, 1.807) is 11.3 Å². The number of halogens is 1. The van der Waals surface area contributed by atoms with Gasteiger partial charge in [-0.2, -0.15) is 0 Å². The van der Waals surface area contributed by atoms with Crippen molar-refractivity contribution in [3.63, 3.8) is 0 Å². The van der Waals surface area contributed by atoms with Crippen LogP contribution in [-0.2, 0) is 0 Å². The van der Waals surface area contributed by atoms with Gasteiger partial charge in [0.25, 0.3) is 0 Å². The summed E-state index contributed by atoms with van der Waals surface area (Å²) >= 11 is 5.23. The van der Waals surface area contributed by atoms with Crippen LogP contribution in [0, 0.1) is 0 Å². The van der Waals surface area contributed by atoms with Crippen molar-refractivity contribution in [3.8, 4) is 0 Å². The van der Waals surface area contributed by atoms with Gasteiger partial charge in [0.1, 0.15) is 0 Å². The molecule has 0 aliphatic carbocycles. The number of likely N-dealkylation sites (N-methyl/N-ethyl adjacent to an activating group) is 1. The second-order valence-electron chi connectivity index (χ2n) is 3.34. The van der Waals surface area contributed by atoms with Crippen LogP contribution in [-0.4, -0.2) is 32.1 Å². The molecule has 0 aliphatic heterocycles. The van der Waals surface area contributed by atoms with Gasteiger partial charge in [-0.25, -0.2) is 0 Å². The highest BCUT2D eigenvalue weighted by Gasteiger charge is 2.12. The number of nitrogens with zero attached hydrogens (tertiary/aromatic N) is 1. The van der Waals surface area contributed by atoms with E-state index < -0.39 is 0 Å². The first-order valence-corrected chi connectivity index (χ1v) is 5.84. The first kappa shape index (κ1) is 11.2. The Labute approximate surface area is 91.9 Å². The van der Waals surface area contributed by atoms with Crippen molar-refractivity contribution in [1.29, 1.82) is 0 Å². The van der Waals surface area contributed by atoms with Gasteiger partial charge >= 0.3 is 0 Å². The Hall–Kier alpha value is 0.1000. The van der Waals surface area contributed by atoms with E-state index in [4.69, 9.17) is 5.73 Å². The first-order valence-electron chi connectivity index (χ1n) is 4.23. The van der Waals surface area contributed by atoms with E-state index in [0.29, 0.717) is 12.5 Å². The highest BCUT2D eigenvalue weighted by atomic mass is 79.9. The number of thiophene rings is 1. The van der Waals surface area contributed by atoms with Crippen molar-refractivity contribution < 1.29 is 0 Å². The SMILES string of the molecule is CN(C)CC(CN)c1ccc(Br)s1. The van der Waals surface area contributed by atoms with E-state index in [1.165, 1.54) is 8.66 Å². The Balaban J connectivity index is 2.66. The summed E-state index contributed by atoms with van der Waals surface area (Å²) in [6, 6.07) is 4.23. The van der Waals surface area contributed by atoms with Crippen LogP contribution in [0.25, 0.3) is 0 Å². The van der Waals surface area contributed by atoms with Crippen LogP contribution in [0.2, 0.25) is 0 Å². The second-order valence-corrected chi connectivity index (χ2v) is 5.83. The standard InChI is InChI=1S/C9H15BrN2S/c1-12(2)6-7(5-11)8-3-4-9(10)13-8/h3-4,7H,5-6,11H2,1-2H3. The zero-order chi connectivity index (χ0) is 9.84. The van der Waals surface area contributed by atoms with Crippen molar-refractivity contribution in [2.75, 3.05) is 27.2 Å². The van der Waals surface area contributed by atoms with Crippen molar-refractivity contribution in [2.45, 2.75) is 5.92 Å². The summed E-state index contributed by atoms with van der Waals surface area (Å²) in [5.41, 5.74) is 5.73. The molecule has 0 bridgehead atoms. The Morgan fingerprint density at radius 3 is 2.62 bits per heavy atom. The van der Waals surface area contributed by atoms with Gasteiger partial charge in [-0.05, 0) is 42.2 Å². The summed E-state index contributed by atoms with van der Waals surface area (Å²) in [6.45, 7) is 1.73. The van der Waals surface area contributed by atoms with E-state index in [-0.39, 0.29) is 0 Å². The van der Waals surface area contributed by atoms with Crippen LogP contribution >= 0.6 is 27.3 Å². The molecule has 13 heavy (non-hydrogen) atoms. The summed E-state index contributed by atoms with van der Waals surface area (Å²) in [6.07, 6.45) is 0. The van der Waals surface area contributed by atoms with Crippen molar-refractivity contribution >= 4 is 27.3 Å². The summed E-state index contributed by atoms with van der Waals surface area (Å²) < 4.78 is 1.18. The van der Waals surface area contributed by atoms with Crippen LogP contribution in [0.1, 0.15) is 10.8 Å². The molecule has 0 saturated carbocycles. The molecular formula is C9H15BrN2S. The molecule has 1 aromatic rings. The largest absolute Gasteiger partial charge is 0.330 e. The lowest BCUT2D eigenvalue weighted by atomic mass is 10.1. The average molecular weight is 263 g/mol. The third kappa shape index (κ3) is 3.38. The minimum absolute atomic E-state index is 0.464. The van der Waals surface area contributed by atoms with Crippen LogP contribution < -0.4 is 5.73 Å². The molecule has 1 heterocycles. The highest BCUT2D eigenvalue weighted by molar-refractivity contribution is 9.11. The fourth-order valence-electron chi connectivity index (χ4n) is 1.27. The van der Waals surface area contributed by atoms with Gasteiger partial charge in [0, 0.05) is 23.9 Å². The van der Waals surface area contributed by atoms with Crippen LogP contribution in [0.15, 0.2) is 15.9 Å². The lowest BCUT2D eigenvalue weighted by Gasteiger charge is -2.17. The summed E-state index contributed by atoms with van der Waals surface area (Å²) in [4.78, 5) is 3.54. The van der Waals surface area contributed by atoms with Crippen LogP contribution in [0.5, 0.6) is 0 Å². The summed E-state index contributed by atoms with van der Waals surface area (Å²) in [5.74, 6) is 0.464. The Kier molecular flexibility index (Phi) is 4.38. The Morgan fingerprint density at radius 2 is 2.23 bits per heavy atom. The van der Waals surface area contributed by atoms with E-state index in [9.17, 15) is 0 Å². The van der Waals surface area contributed by atoms with Gasteiger partial charge in [0.15, 0.2) is 0 Å². The molecule has 0 aliphatic rings. The number of hydrogen-bond donors (Lipinski definition) is 1. The third-order valence-electron chi connectivity index (χ3n) is 1.87. The molecule has 0 spiro atoms. The van der Waals surface area contributed by atoms with Gasteiger partial charge < -0.3 is 10.6 Å². The minimum Gasteiger partial charge on any atom is -0.330 e. The topological polar surface area (TPSA) is 29.3 Å². The first-order chi connectivity index (χ1) is 6.13. The lowest BCUT2D eigenvalue weighted by molar-refractivity contribution is 0.377. The third-order valence-corrected chi connectivity index (χ3v) is 3.65. The smallest absolute Gasteiger partial charge is 0.0701 e. The summed E-state index contributed by atoms with van der Waals surface area (Å²) in [7, 11) is 4.15. The zero-order valence-electron chi connectivity index (χ0n) is 7.96. The maximum Gasteiger partial charge on any atom is 0.0701 e. The number of rotatable bonds is 4. The minimum atomic E-state index is 0.464. The van der Waals surface area contributed by atoms with Crippen molar-refractivity contribution in [1.82, 2.24) is 4.90 Å². The molecule has 4 heteroatoms. The van der Waals surface area contributed by atoms with Crippen molar-refractivity contribution in [3.05, 3.63) is 20.8 Å². The van der Waals surface area contributed by atoms with Gasteiger partial charge in [-0.3, -0.25) is 0 Å². The lowest BCUT2D eigenvalue weighted by Crippen LogP contribution is -2.25. The molecule has 0 aromatic carbocycles. The normalized spacial score (nSPS) is 13.6. The van der Waals surface area contributed by atoms with Crippen LogP contribution in [0.4, 0.5) is 0 Å². The summed E-state index contributed by atoms with van der Waals surface area (Å²) in [5, 5.41) is 0. The number of hydrogen-bond acceptors (Lipinski definition) is 3. The van der Waals surface area contributed by atoms with E-state index in [0.717, 1.165) is 6.54 Å². The molecule has 1 rings (SSSR count). The quantitative estimate of drug-likeness (QED) is 0.901. The van der Waals surface area contributed by atoms with Crippen molar-refractivity contribution in [2.24, 2.45) is 5.73 Å². The number of nitrogens with two attached hydrogens (primary N) is 1.